The maximum atomic E-state index is 12.8. The van der Waals surface area contributed by atoms with Crippen LogP contribution in [-0.2, 0) is 4.79 Å². The van der Waals surface area contributed by atoms with Gasteiger partial charge >= 0.3 is 18.2 Å². The van der Waals surface area contributed by atoms with E-state index < -0.39 is 30.6 Å². The molecule has 1 fully saturated rings. The first kappa shape index (κ1) is 27.5. The highest BCUT2D eigenvalue weighted by molar-refractivity contribution is 5.74. The molecule has 0 spiro atoms. The zero-order valence-corrected chi connectivity index (χ0v) is 18.5. The van der Waals surface area contributed by atoms with Crippen molar-refractivity contribution in [1.82, 2.24) is 10.2 Å². The van der Waals surface area contributed by atoms with E-state index in [0.717, 1.165) is 44.9 Å². The lowest BCUT2D eigenvalue weighted by atomic mass is 9.91. The number of unbranched alkanes of at least 4 members (excludes halogenated alkanes) is 11. The zero-order chi connectivity index (χ0) is 23.2. The van der Waals surface area contributed by atoms with Crippen LogP contribution in [-0.4, -0.2) is 58.5 Å². The summed E-state index contributed by atoms with van der Waals surface area (Å²) in [4.78, 5) is 23.8. The highest BCUT2D eigenvalue weighted by Gasteiger charge is 2.54. The molecule has 182 valence electrons. The third-order valence-corrected chi connectivity index (χ3v) is 6.00. The first-order valence-electron chi connectivity index (χ1n) is 11.7. The number of aliphatic carboxylic acids is 1. The van der Waals surface area contributed by atoms with Gasteiger partial charge in [0.15, 0.2) is 5.60 Å². The monoisotopic (exact) mass is 452 g/mol. The van der Waals surface area contributed by atoms with Gasteiger partial charge in [-0.05, 0) is 12.8 Å². The molecule has 0 radical (unpaired) electrons. The van der Waals surface area contributed by atoms with E-state index in [4.69, 9.17) is 5.11 Å². The Bertz CT molecular complexity index is 521. The molecular weight excluding hydrogens is 413 g/mol. The van der Waals surface area contributed by atoms with Crippen LogP contribution in [0.5, 0.6) is 0 Å². The summed E-state index contributed by atoms with van der Waals surface area (Å²) in [6, 6.07) is -0.354. The predicted molar refractivity (Wildman–Crippen MR) is 113 cm³/mol. The second kappa shape index (κ2) is 14.5. The topological polar surface area (TPSA) is 89.9 Å². The number of nitrogens with zero attached hydrogens (tertiary/aromatic N) is 1. The predicted octanol–water partition coefficient (Wildman–Crippen LogP) is 5.24. The van der Waals surface area contributed by atoms with Gasteiger partial charge in [0.2, 0.25) is 0 Å². The number of alkyl halides is 3. The Morgan fingerprint density at radius 3 is 1.65 bits per heavy atom. The van der Waals surface area contributed by atoms with Crippen LogP contribution < -0.4 is 5.32 Å². The van der Waals surface area contributed by atoms with Gasteiger partial charge in [0.25, 0.3) is 0 Å². The van der Waals surface area contributed by atoms with Crippen LogP contribution in [0.3, 0.4) is 0 Å². The van der Waals surface area contributed by atoms with E-state index in [-0.39, 0.29) is 25.5 Å². The van der Waals surface area contributed by atoms with Crippen molar-refractivity contribution in [2.45, 2.75) is 108 Å². The smallest absolute Gasteiger partial charge is 0.417 e. The van der Waals surface area contributed by atoms with Crippen LogP contribution in [0.1, 0.15) is 96.3 Å². The molecule has 0 unspecified atom stereocenters. The second-order valence-corrected chi connectivity index (χ2v) is 8.63. The molecule has 6 nitrogen and oxygen atoms in total. The van der Waals surface area contributed by atoms with Crippen molar-refractivity contribution in [1.29, 1.82) is 0 Å². The van der Waals surface area contributed by atoms with Crippen molar-refractivity contribution < 1.29 is 33.0 Å². The summed E-state index contributed by atoms with van der Waals surface area (Å²) in [5, 5.41) is 20.9. The fraction of sp³-hybridized carbons (Fsp3) is 0.909. The molecule has 0 atom stereocenters. The lowest BCUT2D eigenvalue weighted by Gasteiger charge is -2.39. The zero-order valence-electron chi connectivity index (χ0n) is 18.5. The highest BCUT2D eigenvalue weighted by atomic mass is 19.4. The van der Waals surface area contributed by atoms with Crippen molar-refractivity contribution in [3.05, 3.63) is 0 Å². The van der Waals surface area contributed by atoms with E-state index >= 15 is 0 Å². The van der Waals surface area contributed by atoms with Gasteiger partial charge in [0.1, 0.15) is 0 Å². The summed E-state index contributed by atoms with van der Waals surface area (Å²) in [6.07, 6.45) is 7.67. The van der Waals surface area contributed by atoms with Crippen molar-refractivity contribution >= 4 is 12.0 Å². The summed E-state index contributed by atoms with van der Waals surface area (Å²) in [7, 11) is 0. The summed E-state index contributed by atoms with van der Waals surface area (Å²) in [5.74, 6) is -0.715. The highest BCUT2D eigenvalue weighted by Crippen LogP contribution is 2.38. The number of hydrogen-bond acceptors (Lipinski definition) is 3. The first-order valence-corrected chi connectivity index (χ1v) is 11.7. The molecule has 2 amide bonds. The van der Waals surface area contributed by atoms with Gasteiger partial charge < -0.3 is 20.4 Å². The molecule has 1 aliphatic rings. The van der Waals surface area contributed by atoms with Crippen LogP contribution in [0.2, 0.25) is 0 Å². The Balaban J connectivity index is 1.89. The molecule has 3 N–H and O–H groups in total. The average Bonchev–Trinajstić information content (AvgIpc) is 2.70. The number of carboxylic acids is 1. The summed E-state index contributed by atoms with van der Waals surface area (Å²) in [5.41, 5.74) is -2.67. The number of carbonyl (C=O) groups excluding carboxylic acids is 1. The van der Waals surface area contributed by atoms with Gasteiger partial charge in [0.05, 0.1) is 0 Å². The van der Waals surface area contributed by atoms with Crippen LogP contribution in [0.25, 0.3) is 0 Å². The Hall–Kier alpha value is -1.51. The van der Waals surface area contributed by atoms with Gasteiger partial charge in [-0.2, -0.15) is 13.2 Å². The molecule has 1 rings (SSSR count). The van der Waals surface area contributed by atoms with E-state index in [1.54, 1.807) is 0 Å². The number of likely N-dealkylation sites (tertiary alicyclic amines) is 1. The molecule has 1 aliphatic heterocycles. The van der Waals surface area contributed by atoms with Gasteiger partial charge in [-0.15, -0.1) is 0 Å². The molecule has 1 heterocycles. The van der Waals surface area contributed by atoms with Gasteiger partial charge in [0, 0.05) is 38.9 Å². The quantitative estimate of drug-likeness (QED) is 0.296. The first-order chi connectivity index (χ1) is 14.7. The van der Waals surface area contributed by atoms with Crippen LogP contribution in [0, 0.1) is 0 Å². The molecule has 0 bridgehead atoms. The van der Waals surface area contributed by atoms with Crippen LogP contribution in [0.15, 0.2) is 0 Å². The van der Waals surface area contributed by atoms with E-state index in [2.05, 4.69) is 5.32 Å². The molecule has 0 aliphatic carbocycles. The van der Waals surface area contributed by atoms with Crippen LogP contribution in [0.4, 0.5) is 18.0 Å². The maximum Gasteiger partial charge on any atom is 0.417 e. The van der Waals surface area contributed by atoms with E-state index in [1.165, 1.54) is 37.0 Å². The van der Waals surface area contributed by atoms with Gasteiger partial charge in [-0.1, -0.05) is 64.2 Å². The largest absolute Gasteiger partial charge is 0.481 e. The number of carbonyl (C=O) groups is 2. The minimum atomic E-state index is -4.65. The Kier molecular flexibility index (Phi) is 12.9. The van der Waals surface area contributed by atoms with Crippen molar-refractivity contribution in [2.75, 3.05) is 19.6 Å². The fourth-order valence-corrected chi connectivity index (χ4v) is 3.84. The SMILES string of the molecule is O=C(O)CCCCCCCCCCCCCCNC(=O)N1CCC(O)(C(F)(F)F)CC1. The maximum absolute atomic E-state index is 12.8. The number of carboxylic acid groups (broad SMARTS) is 1. The summed E-state index contributed by atoms with van der Waals surface area (Å²) < 4.78 is 38.4. The minimum absolute atomic E-state index is 0.0931. The third-order valence-electron chi connectivity index (χ3n) is 6.00. The third kappa shape index (κ3) is 11.6. The van der Waals surface area contributed by atoms with Gasteiger partial charge in [-0.25, -0.2) is 4.79 Å². The molecule has 0 aromatic rings. The number of aliphatic hydroxyl groups is 1. The average molecular weight is 453 g/mol. The van der Waals surface area contributed by atoms with Crippen molar-refractivity contribution in [2.24, 2.45) is 0 Å². The number of nitrogens with one attached hydrogen (secondary N) is 1. The lowest BCUT2D eigenvalue weighted by Crippen LogP contribution is -2.55. The van der Waals surface area contributed by atoms with Crippen molar-refractivity contribution in [3.8, 4) is 0 Å². The molecular formula is C22H39F3N2O4. The lowest BCUT2D eigenvalue weighted by molar-refractivity contribution is -0.271. The molecule has 0 aromatic heterocycles. The fourth-order valence-electron chi connectivity index (χ4n) is 3.84. The number of urea groups is 1. The van der Waals surface area contributed by atoms with Crippen LogP contribution >= 0.6 is 0 Å². The number of halogens is 3. The second-order valence-electron chi connectivity index (χ2n) is 8.63. The van der Waals surface area contributed by atoms with E-state index in [0.29, 0.717) is 6.54 Å². The number of amides is 2. The molecule has 0 aromatic carbocycles. The Morgan fingerprint density at radius 1 is 0.806 bits per heavy atom. The number of rotatable bonds is 15. The van der Waals surface area contributed by atoms with E-state index in [1.807, 2.05) is 0 Å². The van der Waals surface area contributed by atoms with E-state index in [9.17, 15) is 27.9 Å². The normalized spacial score (nSPS) is 16.3. The molecule has 31 heavy (non-hydrogen) atoms. The summed E-state index contributed by atoms with van der Waals surface area (Å²) in [6.45, 7) is 0.328. The molecule has 0 saturated carbocycles. The Morgan fingerprint density at radius 2 is 1.23 bits per heavy atom. The number of hydrogen-bond donors (Lipinski definition) is 3. The van der Waals surface area contributed by atoms with Gasteiger partial charge in [-0.3, -0.25) is 4.79 Å². The van der Waals surface area contributed by atoms with Crippen molar-refractivity contribution in [3.63, 3.8) is 0 Å². The molecule has 9 heteroatoms. The minimum Gasteiger partial charge on any atom is -0.481 e. The Labute approximate surface area is 183 Å². The standard InChI is InChI=1S/C22H39F3N2O4/c23-22(24,25)21(31)14-17-27(18-15-21)20(30)26-16-12-10-8-6-4-2-1-3-5-7-9-11-13-19(28)29/h31H,1-18H2,(H,26,30)(H,28,29). The molecule has 1 saturated heterocycles. The number of piperidine rings is 1. The summed E-state index contributed by atoms with van der Waals surface area (Å²) >= 11 is 0.